The van der Waals surface area contributed by atoms with Crippen LogP contribution in [-0.4, -0.2) is 35.1 Å². The second-order valence-electron chi connectivity index (χ2n) is 6.19. The van der Waals surface area contributed by atoms with Gasteiger partial charge in [-0.25, -0.2) is 4.79 Å². The monoisotopic (exact) mass is 406 g/mol. The molecule has 0 atom stereocenters. The Bertz CT molecular complexity index is 1130. The molecule has 0 aliphatic heterocycles. The van der Waals surface area contributed by atoms with Crippen molar-refractivity contribution in [1.82, 2.24) is 0 Å². The summed E-state index contributed by atoms with van der Waals surface area (Å²) in [6.45, 7) is 0. The number of methoxy groups -OCH3 is 1. The van der Waals surface area contributed by atoms with Crippen LogP contribution in [0.1, 0.15) is 31.1 Å². The van der Waals surface area contributed by atoms with Crippen molar-refractivity contribution in [2.24, 2.45) is 0 Å². The predicted octanol–water partition coefficient (Wildman–Crippen LogP) is 3.39. The number of amides is 2. The fourth-order valence-corrected chi connectivity index (χ4v) is 2.73. The number of hydrogen-bond donors (Lipinski definition) is 4. The number of phenolic OH excluding ortho intramolecular Hbond substituents is 2. The molecule has 0 saturated carbocycles. The highest BCUT2D eigenvalue weighted by atomic mass is 16.5. The van der Waals surface area contributed by atoms with E-state index in [-0.39, 0.29) is 39.6 Å². The minimum absolute atomic E-state index is 0.0111. The van der Waals surface area contributed by atoms with Crippen LogP contribution >= 0.6 is 0 Å². The number of rotatable bonds is 5. The van der Waals surface area contributed by atoms with E-state index in [1.807, 2.05) is 0 Å². The molecule has 3 aromatic carbocycles. The first-order valence-electron chi connectivity index (χ1n) is 8.81. The summed E-state index contributed by atoms with van der Waals surface area (Å²) in [5.74, 6) is -2.33. The van der Waals surface area contributed by atoms with Gasteiger partial charge in [0.25, 0.3) is 11.8 Å². The number of phenols is 2. The first kappa shape index (κ1) is 20.4. The molecule has 0 saturated heterocycles. The molecule has 4 N–H and O–H groups in total. The van der Waals surface area contributed by atoms with Gasteiger partial charge >= 0.3 is 5.97 Å². The molecule has 30 heavy (non-hydrogen) atoms. The fourth-order valence-electron chi connectivity index (χ4n) is 2.73. The van der Waals surface area contributed by atoms with Crippen molar-refractivity contribution >= 4 is 29.2 Å². The quantitative estimate of drug-likeness (QED) is 0.482. The van der Waals surface area contributed by atoms with Crippen LogP contribution in [0.2, 0.25) is 0 Å². The summed E-state index contributed by atoms with van der Waals surface area (Å²) in [5, 5.41) is 24.9. The molecule has 152 valence electrons. The van der Waals surface area contributed by atoms with E-state index in [1.165, 1.54) is 49.6 Å². The molecule has 0 aliphatic rings. The zero-order chi connectivity index (χ0) is 21.7. The SMILES string of the molecule is COC(=O)c1ccc(NC(=O)c2ccccc2O)cc1NC(=O)c1ccccc1O. The highest BCUT2D eigenvalue weighted by molar-refractivity contribution is 6.11. The van der Waals surface area contributed by atoms with Gasteiger partial charge in [0.2, 0.25) is 0 Å². The van der Waals surface area contributed by atoms with Crippen LogP contribution in [0.15, 0.2) is 66.7 Å². The van der Waals surface area contributed by atoms with Gasteiger partial charge in [0, 0.05) is 5.69 Å². The number of esters is 1. The Morgan fingerprint density at radius 2 is 1.27 bits per heavy atom. The number of nitrogens with one attached hydrogen (secondary N) is 2. The molecular formula is C22H18N2O6. The van der Waals surface area contributed by atoms with Crippen LogP contribution < -0.4 is 10.6 Å². The maximum atomic E-state index is 12.6. The van der Waals surface area contributed by atoms with Crippen molar-refractivity contribution in [2.75, 3.05) is 17.7 Å². The lowest BCUT2D eigenvalue weighted by atomic mass is 10.1. The molecule has 0 spiro atoms. The number of para-hydroxylation sites is 2. The highest BCUT2D eigenvalue weighted by Gasteiger charge is 2.18. The first-order valence-corrected chi connectivity index (χ1v) is 8.81. The Kier molecular flexibility index (Phi) is 5.97. The molecule has 3 rings (SSSR count). The van der Waals surface area contributed by atoms with Crippen LogP contribution in [0.5, 0.6) is 11.5 Å². The number of ether oxygens (including phenoxy) is 1. The lowest BCUT2D eigenvalue weighted by molar-refractivity contribution is 0.0602. The largest absolute Gasteiger partial charge is 0.507 e. The number of carbonyl (C=O) groups is 3. The van der Waals surface area contributed by atoms with Crippen molar-refractivity contribution in [1.29, 1.82) is 0 Å². The van der Waals surface area contributed by atoms with Gasteiger partial charge in [-0.1, -0.05) is 24.3 Å². The molecular weight excluding hydrogens is 388 g/mol. The molecule has 3 aromatic rings. The van der Waals surface area contributed by atoms with Crippen LogP contribution in [-0.2, 0) is 4.74 Å². The van der Waals surface area contributed by atoms with Gasteiger partial charge in [0.1, 0.15) is 11.5 Å². The molecule has 0 aliphatic carbocycles. The Labute approximate surface area is 171 Å². The third kappa shape index (κ3) is 4.39. The van der Waals surface area contributed by atoms with E-state index in [1.54, 1.807) is 24.3 Å². The number of anilines is 2. The van der Waals surface area contributed by atoms with Gasteiger partial charge in [-0.3, -0.25) is 9.59 Å². The fraction of sp³-hybridized carbons (Fsp3) is 0.0455. The van der Waals surface area contributed by atoms with Gasteiger partial charge in [-0.2, -0.15) is 0 Å². The smallest absolute Gasteiger partial charge is 0.339 e. The van der Waals surface area contributed by atoms with Crippen molar-refractivity contribution < 1.29 is 29.3 Å². The Balaban J connectivity index is 1.91. The maximum Gasteiger partial charge on any atom is 0.339 e. The van der Waals surface area contributed by atoms with E-state index in [0.717, 1.165) is 0 Å². The molecule has 2 amide bonds. The molecule has 0 fully saturated rings. The normalized spacial score (nSPS) is 10.2. The van der Waals surface area contributed by atoms with Crippen LogP contribution in [0.25, 0.3) is 0 Å². The number of hydrogen-bond acceptors (Lipinski definition) is 6. The summed E-state index contributed by atoms with van der Waals surface area (Å²) >= 11 is 0. The molecule has 0 aromatic heterocycles. The topological polar surface area (TPSA) is 125 Å². The Morgan fingerprint density at radius 3 is 1.80 bits per heavy atom. The Hall–Kier alpha value is -4.33. The third-order valence-electron chi connectivity index (χ3n) is 4.23. The lowest BCUT2D eigenvalue weighted by Crippen LogP contribution is -2.17. The van der Waals surface area contributed by atoms with Crippen LogP contribution in [0.3, 0.4) is 0 Å². The molecule has 0 unspecified atom stereocenters. The zero-order valence-electron chi connectivity index (χ0n) is 15.9. The summed E-state index contributed by atoms with van der Waals surface area (Å²) in [5.41, 5.74) is 0.474. The maximum absolute atomic E-state index is 12.6. The number of aromatic hydroxyl groups is 2. The highest BCUT2D eigenvalue weighted by Crippen LogP contribution is 2.25. The van der Waals surface area contributed by atoms with E-state index in [4.69, 9.17) is 4.74 Å². The Morgan fingerprint density at radius 1 is 0.733 bits per heavy atom. The zero-order valence-corrected chi connectivity index (χ0v) is 15.9. The van der Waals surface area contributed by atoms with E-state index in [9.17, 15) is 24.6 Å². The van der Waals surface area contributed by atoms with Gasteiger partial charge in [0.15, 0.2) is 0 Å². The molecule has 0 radical (unpaired) electrons. The summed E-state index contributed by atoms with van der Waals surface area (Å²) in [6, 6.07) is 16.2. The van der Waals surface area contributed by atoms with Gasteiger partial charge in [-0.05, 0) is 42.5 Å². The van der Waals surface area contributed by atoms with Crippen molar-refractivity contribution in [2.45, 2.75) is 0 Å². The average Bonchev–Trinajstić information content (AvgIpc) is 2.74. The summed E-state index contributed by atoms with van der Waals surface area (Å²) in [7, 11) is 1.20. The standard InChI is InChI=1S/C22H18N2O6/c1-30-22(29)14-11-10-13(23-20(27)15-6-2-4-8-18(15)25)12-17(14)24-21(28)16-7-3-5-9-19(16)26/h2-12,25-26H,1H3,(H,23,27)(H,24,28). The first-order chi connectivity index (χ1) is 14.4. The minimum atomic E-state index is -0.693. The summed E-state index contributed by atoms with van der Waals surface area (Å²) < 4.78 is 4.73. The average molecular weight is 406 g/mol. The second-order valence-corrected chi connectivity index (χ2v) is 6.19. The van der Waals surface area contributed by atoms with Gasteiger partial charge in [0.05, 0.1) is 29.5 Å². The second kappa shape index (κ2) is 8.78. The number of carbonyl (C=O) groups excluding carboxylic acids is 3. The van der Waals surface area contributed by atoms with Gasteiger partial charge < -0.3 is 25.6 Å². The predicted molar refractivity (Wildman–Crippen MR) is 110 cm³/mol. The van der Waals surface area contributed by atoms with Crippen LogP contribution in [0.4, 0.5) is 11.4 Å². The number of benzene rings is 3. The van der Waals surface area contributed by atoms with Crippen molar-refractivity contribution in [3.05, 3.63) is 83.4 Å². The molecule has 0 heterocycles. The minimum Gasteiger partial charge on any atom is -0.507 e. The molecule has 8 nitrogen and oxygen atoms in total. The summed E-state index contributed by atoms with van der Waals surface area (Å²) in [6.07, 6.45) is 0. The third-order valence-corrected chi connectivity index (χ3v) is 4.23. The van der Waals surface area contributed by atoms with E-state index >= 15 is 0 Å². The van der Waals surface area contributed by atoms with Crippen molar-refractivity contribution in [3.8, 4) is 11.5 Å². The van der Waals surface area contributed by atoms with E-state index in [2.05, 4.69) is 10.6 Å². The van der Waals surface area contributed by atoms with Crippen molar-refractivity contribution in [3.63, 3.8) is 0 Å². The molecule has 0 bridgehead atoms. The van der Waals surface area contributed by atoms with E-state index < -0.39 is 17.8 Å². The van der Waals surface area contributed by atoms with Gasteiger partial charge in [-0.15, -0.1) is 0 Å². The lowest BCUT2D eigenvalue weighted by Gasteiger charge is -2.13. The van der Waals surface area contributed by atoms with Crippen LogP contribution in [0, 0.1) is 0 Å². The molecule has 8 heteroatoms. The summed E-state index contributed by atoms with van der Waals surface area (Å²) in [4.78, 5) is 37.1. The van der Waals surface area contributed by atoms with E-state index in [0.29, 0.717) is 0 Å².